The first-order valence-electron chi connectivity index (χ1n) is 20.9. The molecule has 0 radical (unpaired) electrons. The van der Waals surface area contributed by atoms with Crippen LogP contribution in [0.25, 0.3) is 22.2 Å². The first-order chi connectivity index (χ1) is 30.5. The molecule has 2 aromatic heterocycles. The average Bonchev–Trinajstić information content (AvgIpc) is 3.95. The number of benzene rings is 1. The van der Waals surface area contributed by atoms with Crippen LogP contribution in [0.5, 0.6) is 0 Å². The zero-order valence-electron chi connectivity index (χ0n) is 36.6. The summed E-state index contributed by atoms with van der Waals surface area (Å²) in [5.74, 6) is -10.1. The van der Waals surface area contributed by atoms with Crippen LogP contribution in [0.2, 0.25) is 0 Å². The molecule has 346 valence electrons. The van der Waals surface area contributed by atoms with Crippen molar-refractivity contribution in [1.82, 2.24) is 47.2 Å². The number of rotatable bonds is 20. The smallest absolute Gasteiger partial charge is 0.290 e. The zero-order chi connectivity index (χ0) is 47.2. The van der Waals surface area contributed by atoms with Gasteiger partial charge in [0.05, 0.1) is 30.9 Å². The summed E-state index contributed by atoms with van der Waals surface area (Å²) >= 11 is 1.23. The summed E-state index contributed by atoms with van der Waals surface area (Å²) in [6.45, 7) is 10.4. The Morgan fingerprint density at radius 2 is 1.69 bits per heavy atom. The van der Waals surface area contributed by atoms with Crippen LogP contribution in [0.15, 0.2) is 42.4 Å². The number of aromatic nitrogens is 2. The molecule has 9 atom stereocenters. The normalized spacial score (nSPS) is 19.3. The number of thiazole rings is 1. The van der Waals surface area contributed by atoms with E-state index >= 15 is 0 Å². The van der Waals surface area contributed by atoms with Gasteiger partial charge >= 0.3 is 0 Å². The summed E-state index contributed by atoms with van der Waals surface area (Å²) in [6, 6.07) is -0.766. The van der Waals surface area contributed by atoms with Crippen LogP contribution in [0.3, 0.4) is 0 Å². The first-order valence-corrected chi connectivity index (χ1v) is 21.8. The summed E-state index contributed by atoms with van der Waals surface area (Å²) in [7, 11) is 1.42. The molecule has 3 heterocycles. The quantitative estimate of drug-likeness (QED) is 0.0310. The lowest BCUT2D eigenvalue weighted by Crippen LogP contribution is -2.58. The Hall–Kier alpha value is -6.32. The lowest BCUT2D eigenvalue weighted by Gasteiger charge is -2.29. The summed E-state index contributed by atoms with van der Waals surface area (Å²) < 4.78 is 5.44. The summed E-state index contributed by atoms with van der Waals surface area (Å²) in [4.78, 5) is 128. The van der Waals surface area contributed by atoms with Crippen molar-refractivity contribution < 1.29 is 53.0 Å². The summed E-state index contributed by atoms with van der Waals surface area (Å²) in [6.07, 6.45) is 1.67. The maximum Gasteiger partial charge on any atom is 0.290 e. The van der Waals surface area contributed by atoms with E-state index in [0.717, 1.165) is 6.08 Å². The molecule has 4 rings (SSSR count). The molecule has 0 fully saturated rings. The van der Waals surface area contributed by atoms with Crippen LogP contribution >= 0.6 is 11.3 Å². The van der Waals surface area contributed by atoms with E-state index in [9.17, 15) is 48.3 Å². The maximum atomic E-state index is 14.5. The predicted octanol–water partition coefficient (Wildman–Crippen LogP) is -0.134. The second-order valence-electron chi connectivity index (χ2n) is 15.6. The van der Waals surface area contributed by atoms with Crippen LogP contribution < -0.4 is 37.2 Å². The van der Waals surface area contributed by atoms with Gasteiger partial charge < -0.3 is 52.0 Å². The van der Waals surface area contributed by atoms with Crippen molar-refractivity contribution in [3.05, 3.63) is 53.0 Å². The number of amides is 7. The molecule has 9 N–H and O–H groups in total. The lowest BCUT2D eigenvalue weighted by atomic mass is 9.87. The number of nitrogens with zero attached hydrogens (tertiary/aromatic N) is 1. The number of hydrogen-bond acceptors (Lipinski definition) is 13. The van der Waals surface area contributed by atoms with E-state index in [4.69, 9.17) is 9.72 Å². The van der Waals surface area contributed by atoms with Crippen LogP contribution in [-0.2, 0) is 54.3 Å². The number of ketones is 2. The molecule has 1 aliphatic rings. The molecule has 0 saturated carbocycles. The van der Waals surface area contributed by atoms with Crippen LogP contribution in [0.4, 0.5) is 0 Å². The Balaban J connectivity index is 1.79. The molecule has 0 aliphatic carbocycles. The fourth-order valence-electron chi connectivity index (χ4n) is 7.03. The van der Waals surface area contributed by atoms with E-state index < -0.39 is 114 Å². The standard InChI is InChI=1S/C43H57N9O11S/c1-8-21(4)34(52-41(61)31(54)17-44-20-53)36(56)26-16-46-40(60)28(48-42(62)37(57)35(22(5)9-2)51-38(58)23(6)47-32(55)10-3)14-24-15-45-27-13-11-12-25(33(24)27)30-19-64-43(50-30)29(18-63-7)49-39(26)59/h10-13,15,19-23,26,28-29,31,34-35,45,54H,3,8-9,14,16-18H2,1-2,4-7H3,(H,44,53)(H,46,60)(H,47,55)(H,48,62)(H,49,59)(H,51,58)(H,52,61)/t21-,22-,23-,26-,28-,29?,31+,34-,35-/m0/s1. The number of ether oxygens (including phenoxy) is 1. The van der Waals surface area contributed by atoms with E-state index in [2.05, 4.69) is 48.8 Å². The Kier molecular flexibility index (Phi) is 18.4. The van der Waals surface area contributed by atoms with Gasteiger partial charge in [0.15, 0.2) is 5.78 Å². The van der Waals surface area contributed by atoms with Gasteiger partial charge in [0.2, 0.25) is 35.8 Å². The SMILES string of the molecule is C=CC(=O)N[C@@H](C)C(=O)N[C@H](C(=O)C(=O)N[C@H]1Cc2c[nH]c3cccc(c23)-c2csc(n2)C(COC)NC(=O)[C@H](C(=O)[C@@H](NC(=O)[C@H](O)CNC=O)[C@@H](C)CC)CNC1=O)[C@@H](C)CC. The predicted molar refractivity (Wildman–Crippen MR) is 235 cm³/mol. The number of methoxy groups -OCH3 is 1. The van der Waals surface area contributed by atoms with Crippen LogP contribution in [0.1, 0.15) is 64.1 Å². The third-order valence-electron chi connectivity index (χ3n) is 11.2. The van der Waals surface area contributed by atoms with Gasteiger partial charge in [-0.25, -0.2) is 4.98 Å². The number of hydrogen-bond donors (Lipinski definition) is 9. The minimum absolute atomic E-state index is 0.0599. The Morgan fingerprint density at radius 1 is 1.00 bits per heavy atom. The van der Waals surface area contributed by atoms with Crippen molar-refractivity contribution in [2.75, 3.05) is 26.8 Å². The summed E-state index contributed by atoms with van der Waals surface area (Å²) in [5.41, 5.74) is 2.37. The van der Waals surface area contributed by atoms with Gasteiger partial charge in [-0.1, -0.05) is 59.2 Å². The average molecular weight is 908 g/mol. The number of Topliss-reactive ketones (excluding diaryl/α,β-unsaturated/α-hetero) is 2. The third kappa shape index (κ3) is 12.4. The van der Waals surface area contributed by atoms with Gasteiger partial charge in [0, 0.05) is 48.1 Å². The number of fused-ring (bicyclic) bond motifs is 3. The van der Waals surface area contributed by atoms with Gasteiger partial charge in [-0.15, -0.1) is 11.3 Å². The fourth-order valence-corrected chi connectivity index (χ4v) is 7.88. The Bertz CT molecular complexity index is 2220. The van der Waals surface area contributed by atoms with Gasteiger partial charge in [-0.2, -0.15) is 0 Å². The number of carbonyl (C=O) groups excluding carboxylic acids is 9. The highest BCUT2D eigenvalue weighted by Gasteiger charge is 2.40. The topological polar surface area (TPSA) is 296 Å². The maximum absolute atomic E-state index is 14.5. The van der Waals surface area contributed by atoms with Gasteiger partial charge in [0.1, 0.15) is 35.2 Å². The molecule has 0 saturated heterocycles. The number of aliphatic hydroxyl groups is 1. The zero-order valence-corrected chi connectivity index (χ0v) is 37.4. The van der Waals surface area contributed by atoms with Crippen LogP contribution in [-0.4, -0.2) is 126 Å². The van der Waals surface area contributed by atoms with Crippen molar-refractivity contribution in [2.24, 2.45) is 17.8 Å². The number of aliphatic hydroxyl groups excluding tert-OH is 1. The second kappa shape index (κ2) is 23.4. The molecular weight excluding hydrogens is 851 g/mol. The highest BCUT2D eigenvalue weighted by Crippen LogP contribution is 2.34. The molecule has 1 unspecified atom stereocenters. The lowest BCUT2D eigenvalue weighted by molar-refractivity contribution is -0.142. The minimum atomic E-state index is -1.73. The van der Waals surface area contributed by atoms with E-state index in [1.165, 1.54) is 25.4 Å². The molecule has 3 aromatic rings. The number of H-pyrrole nitrogens is 1. The second-order valence-corrected chi connectivity index (χ2v) is 16.5. The first kappa shape index (κ1) is 50.3. The van der Waals surface area contributed by atoms with Gasteiger partial charge in [0.25, 0.3) is 11.8 Å². The molecule has 1 aliphatic heterocycles. The highest BCUT2D eigenvalue weighted by molar-refractivity contribution is 7.10. The monoisotopic (exact) mass is 907 g/mol. The fraction of sp³-hybridized carbons (Fsp3) is 0.488. The van der Waals surface area contributed by atoms with Crippen molar-refractivity contribution in [2.45, 2.75) is 90.2 Å². The van der Waals surface area contributed by atoms with E-state index in [1.54, 1.807) is 45.3 Å². The minimum Gasteiger partial charge on any atom is -0.382 e. The largest absolute Gasteiger partial charge is 0.382 e. The Morgan fingerprint density at radius 3 is 2.34 bits per heavy atom. The highest BCUT2D eigenvalue weighted by atomic mass is 32.1. The molecule has 21 heteroatoms. The van der Waals surface area contributed by atoms with Crippen molar-refractivity contribution in [3.8, 4) is 11.3 Å². The van der Waals surface area contributed by atoms with Crippen LogP contribution in [0, 0.1) is 17.8 Å². The number of aromatic amines is 1. The Labute approximate surface area is 373 Å². The summed E-state index contributed by atoms with van der Waals surface area (Å²) in [5, 5.41) is 30.9. The van der Waals surface area contributed by atoms with Crippen molar-refractivity contribution >= 4 is 75.7 Å². The van der Waals surface area contributed by atoms with Crippen molar-refractivity contribution in [3.63, 3.8) is 0 Å². The molecule has 2 bridgehead atoms. The van der Waals surface area contributed by atoms with Gasteiger partial charge in [-0.3, -0.25) is 43.2 Å². The molecule has 7 amide bonds. The van der Waals surface area contributed by atoms with Gasteiger partial charge in [-0.05, 0) is 36.5 Å². The van der Waals surface area contributed by atoms with E-state index in [-0.39, 0.29) is 13.0 Å². The molecule has 20 nitrogen and oxygen atoms in total. The molecule has 0 spiro atoms. The molecule has 64 heavy (non-hydrogen) atoms. The van der Waals surface area contributed by atoms with E-state index in [1.807, 2.05) is 12.1 Å². The molecule has 1 aromatic carbocycles. The number of carbonyl (C=O) groups is 9. The van der Waals surface area contributed by atoms with Crippen molar-refractivity contribution in [1.29, 1.82) is 0 Å². The number of nitrogens with one attached hydrogen (secondary N) is 8. The third-order valence-corrected chi connectivity index (χ3v) is 12.1. The molecular formula is C43H57N9O11S. The van der Waals surface area contributed by atoms with E-state index in [0.29, 0.717) is 52.0 Å².